The second-order valence-electron chi connectivity index (χ2n) is 9.57. The largest absolute Gasteiger partial charge is 0.455 e. The van der Waals surface area contributed by atoms with Gasteiger partial charge in [0, 0.05) is 12.2 Å². The Bertz CT molecular complexity index is 799. The van der Waals surface area contributed by atoms with Crippen LogP contribution in [0.5, 0.6) is 0 Å². The number of nitriles is 1. The molecular weight excluding hydrogens is 364 g/mol. The minimum absolute atomic E-state index is 0.175. The van der Waals surface area contributed by atoms with Gasteiger partial charge in [0.15, 0.2) is 6.61 Å². The second-order valence-corrected chi connectivity index (χ2v) is 9.57. The van der Waals surface area contributed by atoms with E-state index in [0.717, 1.165) is 36.1 Å². The predicted molar refractivity (Wildman–Crippen MR) is 110 cm³/mol. The highest BCUT2D eigenvalue weighted by molar-refractivity contribution is 5.95. The molecule has 154 valence electrons. The molecule has 0 aliphatic heterocycles. The molecule has 5 rings (SSSR count). The molecule has 0 unspecified atom stereocenters. The van der Waals surface area contributed by atoms with E-state index >= 15 is 0 Å². The van der Waals surface area contributed by atoms with Crippen molar-refractivity contribution in [1.82, 2.24) is 0 Å². The van der Waals surface area contributed by atoms with E-state index in [1.807, 2.05) is 32.0 Å². The first kappa shape index (κ1) is 19.9. The minimum atomic E-state index is -0.355. The van der Waals surface area contributed by atoms with Gasteiger partial charge < -0.3 is 9.64 Å². The highest BCUT2D eigenvalue weighted by Crippen LogP contribution is 2.60. The van der Waals surface area contributed by atoms with E-state index in [4.69, 9.17) is 10.00 Å². The zero-order valence-corrected chi connectivity index (χ0v) is 17.4. The third kappa shape index (κ3) is 4.03. The van der Waals surface area contributed by atoms with Crippen molar-refractivity contribution in [3.63, 3.8) is 0 Å². The summed E-state index contributed by atoms with van der Waals surface area (Å²) < 4.78 is 5.62. The van der Waals surface area contributed by atoms with E-state index in [2.05, 4.69) is 6.07 Å². The van der Waals surface area contributed by atoms with Crippen LogP contribution >= 0.6 is 0 Å². The van der Waals surface area contributed by atoms with Crippen molar-refractivity contribution in [2.75, 3.05) is 18.1 Å². The molecule has 5 nitrogen and oxygen atoms in total. The molecule has 1 amide bonds. The molecule has 0 aromatic heterocycles. The molecule has 5 heteroatoms. The summed E-state index contributed by atoms with van der Waals surface area (Å²) in [6.45, 7) is 4.01. The Morgan fingerprint density at radius 2 is 1.62 bits per heavy atom. The smallest absolute Gasteiger partial charge is 0.312 e. The van der Waals surface area contributed by atoms with Crippen LogP contribution in [0.3, 0.4) is 0 Å². The van der Waals surface area contributed by atoms with E-state index in [-0.39, 0.29) is 30.3 Å². The molecule has 29 heavy (non-hydrogen) atoms. The highest BCUT2D eigenvalue weighted by Gasteiger charge is 2.55. The number of benzene rings is 1. The van der Waals surface area contributed by atoms with Crippen LogP contribution in [0.25, 0.3) is 0 Å². The monoisotopic (exact) mass is 394 g/mol. The van der Waals surface area contributed by atoms with Crippen LogP contribution in [0.2, 0.25) is 0 Å². The van der Waals surface area contributed by atoms with Crippen molar-refractivity contribution in [3.8, 4) is 6.07 Å². The molecule has 0 heterocycles. The summed E-state index contributed by atoms with van der Waals surface area (Å²) in [4.78, 5) is 27.6. The van der Waals surface area contributed by atoms with Crippen molar-refractivity contribution in [2.24, 2.45) is 23.2 Å². The number of ether oxygens (including phenoxy) is 1. The van der Waals surface area contributed by atoms with Crippen molar-refractivity contribution in [2.45, 2.75) is 58.8 Å². The Labute approximate surface area is 173 Å². The second kappa shape index (κ2) is 7.82. The lowest BCUT2D eigenvalue weighted by molar-refractivity contribution is -0.172. The average Bonchev–Trinajstić information content (AvgIpc) is 2.64. The van der Waals surface area contributed by atoms with E-state index < -0.39 is 0 Å². The molecule has 1 aromatic rings. The summed E-state index contributed by atoms with van der Waals surface area (Å²) in [5.74, 6) is 1.54. The van der Waals surface area contributed by atoms with E-state index in [0.29, 0.717) is 24.3 Å². The Hall–Kier alpha value is -2.35. The Morgan fingerprint density at radius 1 is 1.07 bits per heavy atom. The molecule has 0 atom stereocenters. The predicted octanol–water partition coefficient (Wildman–Crippen LogP) is 4.31. The van der Waals surface area contributed by atoms with Crippen molar-refractivity contribution < 1.29 is 14.3 Å². The van der Waals surface area contributed by atoms with Gasteiger partial charge >= 0.3 is 5.97 Å². The van der Waals surface area contributed by atoms with Crippen LogP contribution in [-0.2, 0) is 14.3 Å². The molecule has 4 saturated carbocycles. The number of carbonyl (C=O) groups is 2. The number of rotatable bonds is 6. The molecule has 4 aliphatic rings. The van der Waals surface area contributed by atoms with Gasteiger partial charge in [-0.15, -0.1) is 0 Å². The van der Waals surface area contributed by atoms with Crippen LogP contribution in [-0.4, -0.2) is 25.0 Å². The Morgan fingerprint density at radius 3 is 2.14 bits per heavy atom. The fourth-order valence-electron chi connectivity index (χ4n) is 6.39. The molecule has 1 aromatic carbocycles. The van der Waals surface area contributed by atoms with Gasteiger partial charge in [-0.2, -0.15) is 5.26 Å². The third-order valence-corrected chi connectivity index (χ3v) is 7.06. The fraction of sp³-hybridized carbons (Fsp3) is 0.625. The SMILES string of the molecule is Cc1cc(C)cc(N(CCC#N)C(=O)COC(=O)C23CC4CC(CC(C4)C2)C3)c1. The quantitative estimate of drug-likeness (QED) is 0.674. The van der Waals surface area contributed by atoms with Crippen molar-refractivity contribution in [1.29, 1.82) is 5.26 Å². The van der Waals surface area contributed by atoms with E-state index in [9.17, 15) is 9.59 Å². The van der Waals surface area contributed by atoms with Crippen LogP contribution < -0.4 is 4.90 Å². The molecule has 4 bridgehead atoms. The lowest BCUT2D eigenvalue weighted by Crippen LogP contribution is -2.51. The zero-order chi connectivity index (χ0) is 20.6. The maximum atomic E-state index is 13.0. The molecular formula is C24H30N2O3. The Balaban J connectivity index is 1.44. The molecule has 0 saturated heterocycles. The summed E-state index contributed by atoms with van der Waals surface area (Å²) in [7, 11) is 0. The standard InChI is InChI=1S/C24H30N2O3/c1-16-6-17(2)8-21(7-16)26(5-3-4-25)22(27)15-29-23(28)24-12-18-9-19(13-24)11-20(10-18)14-24/h6-8,18-20H,3,5,9-15H2,1-2H3. The number of anilines is 1. The van der Waals surface area contributed by atoms with Crippen molar-refractivity contribution >= 4 is 17.6 Å². The van der Waals surface area contributed by atoms with Gasteiger partial charge in [0.25, 0.3) is 5.91 Å². The summed E-state index contributed by atoms with van der Waals surface area (Å²) >= 11 is 0. The van der Waals surface area contributed by atoms with Crippen LogP contribution in [0.1, 0.15) is 56.1 Å². The Kier molecular flexibility index (Phi) is 5.38. The molecule has 0 N–H and O–H groups in total. The summed E-state index contributed by atoms with van der Waals surface area (Å²) in [6, 6.07) is 8.02. The summed E-state index contributed by atoms with van der Waals surface area (Å²) in [5.41, 5.74) is 2.51. The summed E-state index contributed by atoms with van der Waals surface area (Å²) in [5, 5.41) is 8.99. The number of nitrogens with zero attached hydrogens (tertiary/aromatic N) is 2. The van der Waals surface area contributed by atoms with Crippen LogP contribution in [0, 0.1) is 48.3 Å². The first-order valence-corrected chi connectivity index (χ1v) is 10.8. The number of amides is 1. The van der Waals surface area contributed by atoms with E-state index in [1.165, 1.54) is 19.3 Å². The van der Waals surface area contributed by atoms with Crippen LogP contribution in [0.4, 0.5) is 5.69 Å². The number of aryl methyl sites for hydroxylation is 2. The number of hydrogen-bond donors (Lipinski definition) is 0. The van der Waals surface area contributed by atoms with Gasteiger partial charge in [0.1, 0.15) is 0 Å². The number of carbonyl (C=O) groups excluding carboxylic acids is 2. The average molecular weight is 395 g/mol. The third-order valence-electron chi connectivity index (χ3n) is 7.06. The summed E-state index contributed by atoms with van der Waals surface area (Å²) in [6.07, 6.45) is 6.83. The van der Waals surface area contributed by atoms with Crippen molar-refractivity contribution in [3.05, 3.63) is 29.3 Å². The normalized spacial score (nSPS) is 29.3. The van der Waals surface area contributed by atoms with Gasteiger partial charge in [-0.1, -0.05) is 6.07 Å². The maximum Gasteiger partial charge on any atom is 0.312 e. The zero-order valence-electron chi connectivity index (χ0n) is 17.4. The van der Waals surface area contributed by atoms with Gasteiger partial charge in [-0.3, -0.25) is 9.59 Å². The lowest BCUT2D eigenvalue weighted by Gasteiger charge is -2.55. The van der Waals surface area contributed by atoms with Gasteiger partial charge in [0.2, 0.25) is 0 Å². The molecule has 4 fully saturated rings. The van der Waals surface area contributed by atoms with Gasteiger partial charge in [0.05, 0.1) is 17.9 Å². The number of hydrogen-bond acceptors (Lipinski definition) is 4. The lowest BCUT2D eigenvalue weighted by atomic mass is 9.49. The minimum Gasteiger partial charge on any atom is -0.455 e. The molecule has 4 aliphatic carbocycles. The van der Waals surface area contributed by atoms with E-state index in [1.54, 1.807) is 4.90 Å². The first-order chi connectivity index (χ1) is 13.9. The van der Waals surface area contributed by atoms with Crippen LogP contribution in [0.15, 0.2) is 18.2 Å². The first-order valence-electron chi connectivity index (χ1n) is 10.8. The van der Waals surface area contributed by atoms with Gasteiger partial charge in [-0.25, -0.2) is 0 Å². The number of esters is 1. The highest BCUT2D eigenvalue weighted by atomic mass is 16.5. The molecule has 0 spiro atoms. The molecule has 0 radical (unpaired) electrons. The fourth-order valence-corrected chi connectivity index (χ4v) is 6.39. The maximum absolute atomic E-state index is 13.0. The topological polar surface area (TPSA) is 70.4 Å². The van der Waals surface area contributed by atoms with Gasteiger partial charge in [-0.05, 0) is 93.4 Å².